The van der Waals surface area contributed by atoms with Gasteiger partial charge in [0.05, 0.1) is 11.9 Å². The molecule has 1 aliphatic carbocycles. The molecule has 1 fully saturated rings. The Morgan fingerprint density at radius 3 is 2.75 bits per heavy atom. The Labute approximate surface area is 117 Å². The molecule has 1 heterocycles. The number of likely N-dealkylation sites (N-methyl/N-ethyl adjacent to an activating group) is 1. The molecule has 2 rings (SSSR count). The predicted molar refractivity (Wildman–Crippen MR) is 73.9 cm³/mol. The number of pyridine rings is 1. The summed E-state index contributed by atoms with van der Waals surface area (Å²) in [7, 11) is 2.05. The third-order valence-electron chi connectivity index (χ3n) is 3.16. The zero-order valence-electron chi connectivity index (χ0n) is 11.3. The smallest absolute Gasteiger partial charge is 0.354 e. The number of carbonyl (C=O) groups is 2. The Morgan fingerprint density at radius 1 is 1.45 bits per heavy atom. The highest BCUT2D eigenvalue weighted by Gasteiger charge is 2.25. The van der Waals surface area contributed by atoms with Crippen LogP contribution >= 0.6 is 0 Å². The van der Waals surface area contributed by atoms with E-state index in [9.17, 15) is 9.59 Å². The van der Waals surface area contributed by atoms with Crippen LogP contribution in [0.4, 0.5) is 10.5 Å². The zero-order valence-corrected chi connectivity index (χ0v) is 11.3. The van der Waals surface area contributed by atoms with Crippen molar-refractivity contribution in [2.24, 2.45) is 0 Å². The van der Waals surface area contributed by atoms with Gasteiger partial charge in [0.15, 0.2) is 0 Å². The summed E-state index contributed by atoms with van der Waals surface area (Å²) >= 11 is 0. The van der Waals surface area contributed by atoms with Gasteiger partial charge in [-0.25, -0.2) is 14.6 Å². The second-order valence-electron chi connectivity index (χ2n) is 4.83. The van der Waals surface area contributed by atoms with Crippen LogP contribution in [0.2, 0.25) is 0 Å². The third kappa shape index (κ3) is 4.20. The second-order valence-corrected chi connectivity index (χ2v) is 4.83. The van der Waals surface area contributed by atoms with Crippen LogP contribution in [-0.2, 0) is 0 Å². The van der Waals surface area contributed by atoms with Crippen molar-refractivity contribution in [2.75, 3.05) is 25.5 Å². The number of nitrogens with one attached hydrogen (secondary N) is 2. The molecule has 0 unspecified atom stereocenters. The molecular formula is C13H18N4O3. The number of carboxylic acids is 1. The van der Waals surface area contributed by atoms with E-state index in [0.717, 1.165) is 6.54 Å². The van der Waals surface area contributed by atoms with E-state index in [2.05, 4.69) is 20.5 Å². The maximum absolute atomic E-state index is 11.6. The van der Waals surface area contributed by atoms with Crippen molar-refractivity contribution in [3.63, 3.8) is 0 Å². The van der Waals surface area contributed by atoms with E-state index in [1.807, 2.05) is 7.05 Å². The molecule has 1 saturated carbocycles. The van der Waals surface area contributed by atoms with Crippen molar-refractivity contribution in [2.45, 2.75) is 18.9 Å². The number of aromatic carboxylic acids is 1. The van der Waals surface area contributed by atoms with Gasteiger partial charge in [0.1, 0.15) is 5.69 Å². The van der Waals surface area contributed by atoms with Gasteiger partial charge in [-0.2, -0.15) is 0 Å². The van der Waals surface area contributed by atoms with E-state index >= 15 is 0 Å². The average Bonchev–Trinajstić information content (AvgIpc) is 3.23. The van der Waals surface area contributed by atoms with Gasteiger partial charge in [0.25, 0.3) is 0 Å². The lowest BCUT2D eigenvalue weighted by atomic mass is 10.3. The molecule has 0 bridgehead atoms. The fourth-order valence-corrected chi connectivity index (χ4v) is 1.81. The van der Waals surface area contributed by atoms with E-state index in [1.54, 1.807) is 0 Å². The number of nitrogens with zero attached hydrogens (tertiary/aromatic N) is 2. The van der Waals surface area contributed by atoms with Crippen molar-refractivity contribution in [3.8, 4) is 0 Å². The minimum atomic E-state index is -1.09. The van der Waals surface area contributed by atoms with Gasteiger partial charge in [0, 0.05) is 19.1 Å². The molecule has 0 atom stereocenters. The standard InChI is InChI=1S/C13H18N4O3/c1-17(10-3-4-10)7-6-14-13(20)16-9-2-5-11(12(18)19)15-8-9/h2,5,8,10H,3-4,6-7H2,1H3,(H,18,19)(H2,14,16,20). The van der Waals surface area contributed by atoms with Crippen LogP contribution in [0.1, 0.15) is 23.3 Å². The highest BCUT2D eigenvalue weighted by atomic mass is 16.4. The van der Waals surface area contributed by atoms with Gasteiger partial charge < -0.3 is 20.6 Å². The first kappa shape index (κ1) is 14.3. The molecule has 0 spiro atoms. The third-order valence-corrected chi connectivity index (χ3v) is 3.16. The van der Waals surface area contributed by atoms with E-state index in [0.29, 0.717) is 18.3 Å². The molecule has 0 saturated heterocycles. The first-order valence-electron chi connectivity index (χ1n) is 6.50. The van der Waals surface area contributed by atoms with Gasteiger partial charge in [-0.05, 0) is 32.0 Å². The fourth-order valence-electron chi connectivity index (χ4n) is 1.81. The van der Waals surface area contributed by atoms with Gasteiger partial charge in [-0.3, -0.25) is 0 Å². The summed E-state index contributed by atoms with van der Waals surface area (Å²) in [5.74, 6) is -1.09. The number of amides is 2. The number of carbonyl (C=O) groups excluding carboxylic acids is 1. The first-order valence-corrected chi connectivity index (χ1v) is 6.50. The molecule has 7 nitrogen and oxygen atoms in total. The quantitative estimate of drug-likeness (QED) is 0.721. The van der Waals surface area contributed by atoms with Crippen LogP contribution in [0.3, 0.4) is 0 Å². The number of hydrogen-bond donors (Lipinski definition) is 3. The largest absolute Gasteiger partial charge is 0.477 e. The van der Waals surface area contributed by atoms with Crippen LogP contribution in [0.15, 0.2) is 18.3 Å². The second kappa shape index (κ2) is 6.33. The number of hydrogen-bond acceptors (Lipinski definition) is 4. The molecule has 0 aromatic carbocycles. The first-order chi connectivity index (χ1) is 9.56. The Hall–Kier alpha value is -2.15. The highest BCUT2D eigenvalue weighted by molar-refractivity contribution is 5.90. The van der Waals surface area contributed by atoms with Gasteiger partial charge in [-0.15, -0.1) is 0 Å². The lowest BCUT2D eigenvalue weighted by molar-refractivity contribution is 0.0690. The van der Waals surface area contributed by atoms with E-state index < -0.39 is 5.97 Å². The predicted octanol–water partition coefficient (Wildman–Crippen LogP) is 0.995. The molecule has 1 aliphatic rings. The summed E-state index contributed by atoms with van der Waals surface area (Å²) in [6.07, 6.45) is 3.80. The van der Waals surface area contributed by atoms with Crippen molar-refractivity contribution in [1.29, 1.82) is 0 Å². The molecule has 1 aromatic rings. The van der Waals surface area contributed by atoms with Gasteiger partial charge >= 0.3 is 12.0 Å². The van der Waals surface area contributed by atoms with Crippen LogP contribution in [-0.4, -0.2) is 53.2 Å². The van der Waals surface area contributed by atoms with Crippen LogP contribution in [0, 0.1) is 0 Å². The molecule has 7 heteroatoms. The maximum Gasteiger partial charge on any atom is 0.354 e. The van der Waals surface area contributed by atoms with Crippen LogP contribution in [0.25, 0.3) is 0 Å². The summed E-state index contributed by atoms with van der Waals surface area (Å²) in [4.78, 5) is 28.2. The fraction of sp³-hybridized carbons (Fsp3) is 0.462. The van der Waals surface area contributed by atoms with Gasteiger partial charge in [-0.1, -0.05) is 0 Å². The van der Waals surface area contributed by atoms with Crippen LogP contribution in [0.5, 0.6) is 0 Å². The summed E-state index contributed by atoms with van der Waals surface area (Å²) < 4.78 is 0. The molecule has 1 aromatic heterocycles. The van der Waals surface area contributed by atoms with Crippen molar-refractivity contribution in [1.82, 2.24) is 15.2 Å². The minimum absolute atomic E-state index is 0.0537. The molecule has 0 aliphatic heterocycles. The highest BCUT2D eigenvalue weighted by Crippen LogP contribution is 2.24. The Kier molecular flexibility index (Phi) is 4.52. The topological polar surface area (TPSA) is 94.6 Å². The van der Waals surface area contributed by atoms with E-state index in [-0.39, 0.29) is 11.7 Å². The molecule has 3 N–H and O–H groups in total. The molecular weight excluding hydrogens is 260 g/mol. The maximum atomic E-state index is 11.6. The number of anilines is 1. The van der Waals surface area contributed by atoms with Crippen molar-refractivity contribution >= 4 is 17.7 Å². The number of urea groups is 1. The number of aromatic nitrogens is 1. The lowest BCUT2D eigenvalue weighted by Crippen LogP contribution is -2.36. The zero-order chi connectivity index (χ0) is 14.5. The molecule has 108 valence electrons. The molecule has 0 radical (unpaired) electrons. The van der Waals surface area contributed by atoms with Gasteiger partial charge in [0.2, 0.25) is 0 Å². The Morgan fingerprint density at radius 2 is 2.20 bits per heavy atom. The number of rotatable bonds is 6. The summed E-state index contributed by atoms with van der Waals surface area (Å²) in [6.45, 7) is 1.38. The minimum Gasteiger partial charge on any atom is -0.477 e. The van der Waals surface area contributed by atoms with Crippen molar-refractivity contribution < 1.29 is 14.7 Å². The average molecular weight is 278 g/mol. The van der Waals surface area contributed by atoms with E-state index in [1.165, 1.54) is 31.2 Å². The summed E-state index contributed by atoms with van der Waals surface area (Å²) in [5, 5.41) is 14.1. The van der Waals surface area contributed by atoms with Crippen LogP contribution < -0.4 is 10.6 Å². The normalized spacial score (nSPS) is 14.1. The Bertz CT molecular complexity index is 485. The monoisotopic (exact) mass is 278 g/mol. The SMILES string of the molecule is CN(CCNC(=O)Nc1ccc(C(=O)O)nc1)C1CC1. The summed E-state index contributed by atoms with van der Waals surface area (Å²) in [5.41, 5.74) is 0.407. The number of carboxylic acid groups (broad SMARTS) is 1. The molecule has 2 amide bonds. The lowest BCUT2D eigenvalue weighted by Gasteiger charge is -2.15. The molecule has 20 heavy (non-hydrogen) atoms. The van der Waals surface area contributed by atoms with E-state index in [4.69, 9.17) is 5.11 Å². The van der Waals surface area contributed by atoms with Crippen molar-refractivity contribution in [3.05, 3.63) is 24.0 Å². The summed E-state index contributed by atoms with van der Waals surface area (Å²) in [6, 6.07) is 3.21. The Balaban J connectivity index is 1.71.